The molecule has 5 aromatic rings. The third kappa shape index (κ3) is 4.10. The van der Waals surface area contributed by atoms with Gasteiger partial charge in [0.25, 0.3) is 5.91 Å². The van der Waals surface area contributed by atoms with E-state index in [2.05, 4.69) is 52.2 Å². The quantitative estimate of drug-likeness (QED) is 0.345. The molecule has 5 heterocycles. The number of pyridine rings is 2. The van der Waals surface area contributed by atoms with E-state index in [9.17, 15) is 4.79 Å². The third-order valence-corrected chi connectivity index (χ3v) is 6.43. The standard InChI is InChI=1S/C20H14Br2ClN7O/c21-13-1-2-28-11-25-17(18(28)3-13)6-24-20(31)12-5-26-30(7-12)9-14-8-29-10-15(22)16(23)4-19(29)27-14/h1-5,7-8,10-11H,6,9H2,(H,24,31). The number of carbonyl (C=O) groups is 1. The molecule has 0 spiro atoms. The van der Waals surface area contributed by atoms with Crippen LogP contribution in [0.2, 0.25) is 5.02 Å². The molecule has 8 nitrogen and oxygen atoms in total. The number of halogens is 3. The Morgan fingerprint density at radius 3 is 2.90 bits per heavy atom. The smallest absolute Gasteiger partial charge is 0.254 e. The molecule has 0 unspecified atom stereocenters. The summed E-state index contributed by atoms with van der Waals surface area (Å²) in [5.74, 6) is -0.215. The largest absolute Gasteiger partial charge is 0.346 e. The van der Waals surface area contributed by atoms with E-state index >= 15 is 0 Å². The maximum atomic E-state index is 12.6. The molecule has 0 atom stereocenters. The summed E-state index contributed by atoms with van der Waals surface area (Å²) < 4.78 is 7.22. The highest BCUT2D eigenvalue weighted by atomic mass is 79.9. The van der Waals surface area contributed by atoms with E-state index in [0.29, 0.717) is 23.7 Å². The topological polar surface area (TPSA) is 81.5 Å². The van der Waals surface area contributed by atoms with Gasteiger partial charge >= 0.3 is 0 Å². The van der Waals surface area contributed by atoms with Crippen LogP contribution in [-0.2, 0) is 13.1 Å². The predicted octanol–water partition coefficient (Wildman–Crippen LogP) is 4.34. The van der Waals surface area contributed by atoms with E-state index in [1.807, 2.05) is 39.5 Å². The number of hydrogen-bond donors (Lipinski definition) is 1. The van der Waals surface area contributed by atoms with E-state index in [-0.39, 0.29) is 5.91 Å². The van der Waals surface area contributed by atoms with Crippen LogP contribution in [0.4, 0.5) is 0 Å². The van der Waals surface area contributed by atoms with Crippen molar-refractivity contribution < 1.29 is 4.79 Å². The first-order chi connectivity index (χ1) is 15.0. The molecule has 0 bridgehead atoms. The Kier molecular flexibility index (Phi) is 5.28. The minimum atomic E-state index is -0.215. The van der Waals surface area contributed by atoms with Crippen LogP contribution in [0, 0.1) is 0 Å². The highest BCUT2D eigenvalue weighted by molar-refractivity contribution is 9.10. The van der Waals surface area contributed by atoms with Crippen molar-refractivity contribution in [1.29, 1.82) is 0 Å². The number of hydrogen-bond acceptors (Lipinski definition) is 4. The average Bonchev–Trinajstić information content (AvgIpc) is 3.45. The minimum absolute atomic E-state index is 0.215. The molecule has 0 saturated carbocycles. The zero-order valence-electron chi connectivity index (χ0n) is 15.8. The van der Waals surface area contributed by atoms with Crippen molar-refractivity contribution >= 4 is 60.5 Å². The van der Waals surface area contributed by atoms with E-state index in [1.165, 1.54) is 0 Å². The van der Waals surface area contributed by atoms with Crippen LogP contribution in [0.5, 0.6) is 0 Å². The molecule has 156 valence electrons. The summed E-state index contributed by atoms with van der Waals surface area (Å²) in [5.41, 5.74) is 3.74. The van der Waals surface area contributed by atoms with Crippen LogP contribution in [0.15, 0.2) is 64.5 Å². The Morgan fingerprint density at radius 1 is 1.16 bits per heavy atom. The van der Waals surface area contributed by atoms with Crippen LogP contribution in [0.1, 0.15) is 21.7 Å². The molecule has 0 aromatic carbocycles. The first-order valence-corrected chi connectivity index (χ1v) is 11.2. The fraction of sp³-hybridized carbons (Fsp3) is 0.100. The molecule has 1 amide bonds. The Balaban J connectivity index is 1.27. The van der Waals surface area contributed by atoms with Gasteiger partial charge in [0.1, 0.15) is 5.65 Å². The maximum Gasteiger partial charge on any atom is 0.254 e. The zero-order valence-corrected chi connectivity index (χ0v) is 19.8. The molecular weight excluding hydrogens is 550 g/mol. The average molecular weight is 564 g/mol. The molecule has 5 aromatic heterocycles. The van der Waals surface area contributed by atoms with Gasteiger partial charge in [-0.25, -0.2) is 9.97 Å². The number of carbonyl (C=O) groups excluding carboxylic acids is 1. The van der Waals surface area contributed by atoms with Crippen molar-refractivity contribution in [1.82, 2.24) is 33.9 Å². The van der Waals surface area contributed by atoms with Gasteiger partial charge in [0.2, 0.25) is 0 Å². The Morgan fingerprint density at radius 2 is 2.03 bits per heavy atom. The lowest BCUT2D eigenvalue weighted by molar-refractivity contribution is 0.0950. The first-order valence-electron chi connectivity index (χ1n) is 9.20. The van der Waals surface area contributed by atoms with Gasteiger partial charge in [-0.05, 0) is 28.1 Å². The van der Waals surface area contributed by atoms with Gasteiger partial charge in [0, 0.05) is 35.3 Å². The van der Waals surface area contributed by atoms with Crippen LogP contribution < -0.4 is 5.32 Å². The van der Waals surface area contributed by atoms with Crippen molar-refractivity contribution in [2.45, 2.75) is 13.1 Å². The van der Waals surface area contributed by atoms with Gasteiger partial charge in [-0.1, -0.05) is 27.5 Å². The van der Waals surface area contributed by atoms with Crippen LogP contribution >= 0.6 is 43.5 Å². The van der Waals surface area contributed by atoms with E-state index in [0.717, 1.165) is 31.5 Å². The minimum Gasteiger partial charge on any atom is -0.346 e. The maximum absolute atomic E-state index is 12.6. The molecule has 0 aliphatic rings. The summed E-state index contributed by atoms with van der Waals surface area (Å²) in [6.45, 7) is 0.753. The number of aromatic nitrogens is 6. The molecule has 31 heavy (non-hydrogen) atoms. The molecule has 5 rings (SSSR count). The zero-order chi connectivity index (χ0) is 21.5. The van der Waals surface area contributed by atoms with Gasteiger partial charge < -0.3 is 14.1 Å². The Labute approximate surface area is 198 Å². The highest BCUT2D eigenvalue weighted by Crippen LogP contribution is 2.24. The number of nitrogens with zero attached hydrogens (tertiary/aromatic N) is 6. The monoisotopic (exact) mass is 561 g/mol. The summed E-state index contributed by atoms with van der Waals surface area (Å²) in [6.07, 6.45) is 10.6. The molecule has 1 N–H and O–H groups in total. The number of amides is 1. The van der Waals surface area contributed by atoms with Crippen molar-refractivity contribution in [2.75, 3.05) is 0 Å². The van der Waals surface area contributed by atoms with Crippen molar-refractivity contribution in [3.8, 4) is 0 Å². The van der Waals surface area contributed by atoms with E-state index in [1.54, 1.807) is 29.5 Å². The summed E-state index contributed by atoms with van der Waals surface area (Å²) in [4.78, 5) is 21.5. The summed E-state index contributed by atoms with van der Waals surface area (Å²) >= 11 is 13.0. The molecule has 0 aliphatic carbocycles. The lowest BCUT2D eigenvalue weighted by Gasteiger charge is -2.02. The Bertz CT molecular complexity index is 1400. The normalized spacial score (nSPS) is 11.5. The fourth-order valence-corrected chi connectivity index (χ4v) is 4.08. The lowest BCUT2D eigenvalue weighted by atomic mass is 10.3. The fourth-order valence-electron chi connectivity index (χ4n) is 3.26. The summed E-state index contributed by atoms with van der Waals surface area (Å²) in [7, 11) is 0. The third-order valence-electron chi connectivity index (χ3n) is 4.76. The number of imidazole rings is 2. The van der Waals surface area contributed by atoms with Crippen molar-refractivity contribution in [3.05, 3.63) is 86.4 Å². The van der Waals surface area contributed by atoms with Gasteiger partial charge in [-0.2, -0.15) is 5.10 Å². The number of nitrogens with one attached hydrogen (secondary N) is 1. The molecule has 0 aliphatic heterocycles. The first kappa shape index (κ1) is 20.2. The second kappa shape index (κ2) is 8.10. The molecule has 0 fully saturated rings. The van der Waals surface area contributed by atoms with Gasteiger partial charge in [-0.3, -0.25) is 9.48 Å². The van der Waals surface area contributed by atoms with Crippen LogP contribution in [-0.4, -0.2) is 34.5 Å². The van der Waals surface area contributed by atoms with E-state index in [4.69, 9.17) is 11.6 Å². The van der Waals surface area contributed by atoms with Crippen molar-refractivity contribution in [3.63, 3.8) is 0 Å². The van der Waals surface area contributed by atoms with Gasteiger partial charge in [0.05, 0.1) is 57.6 Å². The van der Waals surface area contributed by atoms with Crippen molar-refractivity contribution in [2.24, 2.45) is 0 Å². The SMILES string of the molecule is O=C(NCc1ncn2ccc(Br)cc12)c1cnn(Cc2cn3cc(Br)c(Cl)cc3n2)c1. The highest BCUT2D eigenvalue weighted by Gasteiger charge is 2.12. The lowest BCUT2D eigenvalue weighted by Crippen LogP contribution is -2.22. The Hall–Kier alpha value is -2.69. The second-order valence-electron chi connectivity index (χ2n) is 6.91. The molecule has 0 radical (unpaired) electrons. The van der Waals surface area contributed by atoms with Crippen LogP contribution in [0.25, 0.3) is 11.2 Å². The van der Waals surface area contributed by atoms with E-state index < -0.39 is 0 Å². The molecular formula is C20H14Br2ClN7O. The van der Waals surface area contributed by atoms with Gasteiger partial charge in [-0.15, -0.1) is 0 Å². The summed E-state index contributed by atoms with van der Waals surface area (Å²) in [6, 6.07) is 5.68. The van der Waals surface area contributed by atoms with Crippen LogP contribution in [0.3, 0.4) is 0 Å². The number of fused-ring (bicyclic) bond motifs is 2. The molecule has 0 saturated heterocycles. The second-order valence-corrected chi connectivity index (χ2v) is 9.08. The molecule has 11 heteroatoms. The number of rotatable bonds is 5. The predicted molar refractivity (Wildman–Crippen MR) is 123 cm³/mol. The summed E-state index contributed by atoms with van der Waals surface area (Å²) in [5, 5.41) is 7.79. The van der Waals surface area contributed by atoms with Gasteiger partial charge in [0.15, 0.2) is 0 Å².